The number of alkyl halides is 7. The molecule has 1 N–H and O–H groups in total. The Hall–Kier alpha value is -2.89. The van der Waals surface area contributed by atoms with Crippen LogP contribution in [0, 0.1) is 6.92 Å². The van der Waals surface area contributed by atoms with Crippen molar-refractivity contribution in [1.29, 1.82) is 0 Å². The summed E-state index contributed by atoms with van der Waals surface area (Å²) in [4.78, 5) is 15.9. The van der Waals surface area contributed by atoms with Crippen LogP contribution in [0.2, 0.25) is 5.02 Å². The van der Waals surface area contributed by atoms with Crippen molar-refractivity contribution in [3.63, 3.8) is 0 Å². The maximum atomic E-state index is 13.4. The number of nitrogens with one attached hydrogen (secondary N) is 1. The Morgan fingerprint density at radius 2 is 1.84 bits per heavy atom. The van der Waals surface area contributed by atoms with Crippen molar-refractivity contribution in [2.24, 2.45) is 0 Å². The molecule has 0 radical (unpaired) electrons. The first kappa shape index (κ1) is 22.8. The molecule has 1 amide bonds. The molecule has 166 valence electrons. The van der Waals surface area contributed by atoms with Crippen LogP contribution in [-0.2, 0) is 17.5 Å². The van der Waals surface area contributed by atoms with Gasteiger partial charge in [0.05, 0.1) is 21.7 Å². The number of aryl methyl sites for hydroxylation is 1. The number of hydrogen-bond donors (Lipinski definition) is 1. The molecule has 0 saturated carbocycles. The number of carbonyl (C=O) groups is 1. The Labute approximate surface area is 174 Å². The van der Waals surface area contributed by atoms with Gasteiger partial charge in [0, 0.05) is 11.3 Å². The highest BCUT2D eigenvalue weighted by Gasteiger charge is 2.33. The van der Waals surface area contributed by atoms with Crippen molar-refractivity contribution >= 4 is 34.2 Å². The normalized spacial score (nSPS) is 12.2. The lowest BCUT2D eigenvalue weighted by Gasteiger charge is -2.12. The summed E-state index contributed by atoms with van der Waals surface area (Å²) in [6, 6.07) is 3.26. The Morgan fingerprint density at radius 1 is 1.16 bits per heavy atom. The predicted octanol–water partition coefficient (Wildman–Crippen LogP) is 5.93. The molecule has 0 spiro atoms. The first-order valence-corrected chi connectivity index (χ1v) is 8.87. The average Bonchev–Trinajstić information content (AvgIpc) is 2.97. The van der Waals surface area contributed by atoms with Gasteiger partial charge < -0.3 is 5.32 Å². The maximum absolute atomic E-state index is 13.4. The quantitative estimate of drug-likeness (QED) is 0.472. The van der Waals surface area contributed by atoms with Gasteiger partial charge >= 0.3 is 6.18 Å². The molecule has 3 aromatic rings. The van der Waals surface area contributed by atoms with Crippen LogP contribution in [0.1, 0.15) is 35.4 Å². The summed E-state index contributed by atoms with van der Waals surface area (Å²) in [5, 5.41) is 5.35. The number of rotatable bonds is 5. The number of pyridine rings is 1. The summed E-state index contributed by atoms with van der Waals surface area (Å²) in [6.07, 6.45) is -11.0. The lowest BCUT2D eigenvalue weighted by atomic mass is 10.1. The van der Waals surface area contributed by atoms with Gasteiger partial charge in [-0.15, -0.1) is 0 Å². The zero-order chi connectivity index (χ0) is 23.1. The molecular formula is C18H12ClF7N4O. The van der Waals surface area contributed by atoms with E-state index < -0.39 is 53.3 Å². The van der Waals surface area contributed by atoms with E-state index in [1.807, 2.05) is 0 Å². The Bertz CT molecular complexity index is 1140. The molecule has 0 aliphatic heterocycles. The van der Waals surface area contributed by atoms with E-state index in [0.29, 0.717) is 12.1 Å². The molecule has 1 aromatic carbocycles. The smallest absolute Gasteiger partial charge is 0.324 e. The molecule has 2 aromatic heterocycles. The van der Waals surface area contributed by atoms with Crippen molar-refractivity contribution < 1.29 is 35.5 Å². The van der Waals surface area contributed by atoms with Crippen LogP contribution in [-0.4, -0.2) is 20.7 Å². The molecular weight excluding hydrogens is 457 g/mol. The van der Waals surface area contributed by atoms with Gasteiger partial charge in [-0.1, -0.05) is 11.6 Å². The number of benzene rings is 1. The van der Waals surface area contributed by atoms with Crippen LogP contribution in [0.25, 0.3) is 11.0 Å². The molecule has 31 heavy (non-hydrogen) atoms. The number of hydrogen-bond acceptors (Lipinski definition) is 3. The third-order valence-corrected chi connectivity index (χ3v) is 4.56. The predicted molar refractivity (Wildman–Crippen MR) is 97.3 cm³/mol. The standard InChI is InChI=1S/C18H12ClF7N4O/c1-7-14-9(15(20)21)5-12(16(22)23)28-17(14)30(29-7)6-13(31)27-8-2-3-11(19)10(4-8)18(24,25)26/h2-5,15-16H,6H2,1H3,(H,27,31). The molecule has 3 rings (SSSR count). The SMILES string of the molecule is Cc1nn(CC(=O)Nc2ccc(Cl)c(C(F)(F)F)c2)c2nc(C(F)F)cc(C(F)F)c12. The van der Waals surface area contributed by atoms with E-state index in [-0.39, 0.29) is 22.4 Å². The first-order valence-electron chi connectivity index (χ1n) is 8.49. The van der Waals surface area contributed by atoms with Crippen LogP contribution in [0.4, 0.5) is 36.4 Å². The van der Waals surface area contributed by atoms with Gasteiger partial charge in [-0.25, -0.2) is 27.2 Å². The third kappa shape index (κ3) is 4.73. The second-order valence-corrected chi connectivity index (χ2v) is 6.83. The van der Waals surface area contributed by atoms with E-state index in [1.54, 1.807) is 0 Å². The summed E-state index contributed by atoms with van der Waals surface area (Å²) in [5.74, 6) is -0.886. The van der Waals surface area contributed by atoms with E-state index in [9.17, 15) is 35.5 Å². The first-order chi connectivity index (χ1) is 14.4. The highest BCUT2D eigenvalue weighted by Crippen LogP contribution is 2.36. The van der Waals surface area contributed by atoms with Crippen molar-refractivity contribution in [3.8, 4) is 0 Å². The van der Waals surface area contributed by atoms with Gasteiger partial charge in [0.15, 0.2) is 5.65 Å². The summed E-state index contributed by atoms with van der Waals surface area (Å²) in [6.45, 7) is 0.665. The van der Waals surface area contributed by atoms with Crippen LogP contribution >= 0.6 is 11.6 Å². The zero-order valence-corrected chi connectivity index (χ0v) is 16.2. The Kier molecular flexibility index (Phi) is 6.12. The number of aromatic nitrogens is 3. The van der Waals surface area contributed by atoms with Gasteiger partial charge in [0.2, 0.25) is 5.91 Å². The van der Waals surface area contributed by atoms with E-state index in [2.05, 4.69) is 15.4 Å². The maximum Gasteiger partial charge on any atom is 0.417 e. The fraction of sp³-hybridized carbons (Fsp3) is 0.278. The fourth-order valence-electron chi connectivity index (χ4n) is 2.96. The summed E-state index contributed by atoms with van der Waals surface area (Å²) in [7, 11) is 0. The molecule has 0 aliphatic rings. The molecule has 0 aliphatic carbocycles. The van der Waals surface area contributed by atoms with Crippen molar-refractivity contribution in [2.45, 2.75) is 32.5 Å². The number of fused-ring (bicyclic) bond motifs is 1. The largest absolute Gasteiger partial charge is 0.417 e. The molecule has 0 bridgehead atoms. The second kappa shape index (κ2) is 8.33. The number of carbonyl (C=O) groups excluding carboxylic acids is 1. The van der Waals surface area contributed by atoms with Crippen molar-refractivity contribution in [1.82, 2.24) is 14.8 Å². The molecule has 0 saturated heterocycles. The van der Waals surface area contributed by atoms with E-state index in [1.165, 1.54) is 6.92 Å². The lowest BCUT2D eigenvalue weighted by molar-refractivity contribution is -0.137. The Balaban J connectivity index is 1.94. The topological polar surface area (TPSA) is 59.8 Å². The minimum atomic E-state index is -4.76. The molecule has 0 atom stereocenters. The average molecular weight is 469 g/mol. The highest BCUT2D eigenvalue weighted by atomic mass is 35.5. The number of amides is 1. The van der Waals surface area contributed by atoms with Crippen molar-refractivity contribution in [3.05, 3.63) is 51.8 Å². The zero-order valence-electron chi connectivity index (χ0n) is 15.4. The summed E-state index contributed by atoms with van der Waals surface area (Å²) in [5.41, 5.74) is -3.37. The van der Waals surface area contributed by atoms with Crippen molar-refractivity contribution in [2.75, 3.05) is 5.32 Å². The van der Waals surface area contributed by atoms with E-state index in [0.717, 1.165) is 16.8 Å². The second-order valence-electron chi connectivity index (χ2n) is 6.42. The van der Waals surface area contributed by atoms with Crippen LogP contribution in [0.5, 0.6) is 0 Å². The highest BCUT2D eigenvalue weighted by molar-refractivity contribution is 6.31. The monoisotopic (exact) mass is 468 g/mol. The van der Waals surface area contributed by atoms with E-state index in [4.69, 9.17) is 11.6 Å². The van der Waals surface area contributed by atoms with Crippen LogP contribution in [0.3, 0.4) is 0 Å². The van der Waals surface area contributed by atoms with Gasteiger partial charge in [-0.2, -0.15) is 18.3 Å². The molecule has 0 unspecified atom stereocenters. The fourth-order valence-corrected chi connectivity index (χ4v) is 3.18. The molecule has 0 fully saturated rings. The lowest BCUT2D eigenvalue weighted by Crippen LogP contribution is -2.20. The van der Waals surface area contributed by atoms with E-state index >= 15 is 0 Å². The summed E-state index contributed by atoms with van der Waals surface area (Å²) >= 11 is 5.52. The number of nitrogens with zero attached hydrogens (tertiary/aromatic N) is 3. The molecule has 2 heterocycles. The van der Waals surface area contributed by atoms with Crippen LogP contribution < -0.4 is 5.32 Å². The minimum Gasteiger partial charge on any atom is -0.324 e. The van der Waals surface area contributed by atoms with Gasteiger partial charge in [-0.05, 0) is 31.2 Å². The Morgan fingerprint density at radius 3 is 2.42 bits per heavy atom. The van der Waals surface area contributed by atoms with Crippen LogP contribution in [0.15, 0.2) is 24.3 Å². The third-order valence-electron chi connectivity index (χ3n) is 4.24. The molecule has 5 nitrogen and oxygen atoms in total. The molecule has 13 heteroatoms. The number of halogens is 8. The van der Waals surface area contributed by atoms with Gasteiger partial charge in [-0.3, -0.25) is 4.79 Å². The number of anilines is 1. The minimum absolute atomic E-state index is 0.0252. The van der Waals surface area contributed by atoms with Gasteiger partial charge in [0.1, 0.15) is 12.2 Å². The summed E-state index contributed by atoms with van der Waals surface area (Å²) < 4.78 is 92.6. The van der Waals surface area contributed by atoms with Gasteiger partial charge in [0.25, 0.3) is 12.9 Å².